The molecular formula is C15H29NO2. The summed E-state index contributed by atoms with van der Waals surface area (Å²) >= 11 is 0. The Morgan fingerprint density at radius 2 is 2.06 bits per heavy atom. The highest BCUT2D eigenvalue weighted by atomic mass is 16.4. The van der Waals surface area contributed by atoms with Crippen molar-refractivity contribution in [2.75, 3.05) is 0 Å². The lowest BCUT2D eigenvalue weighted by atomic mass is 9.79. The van der Waals surface area contributed by atoms with Crippen molar-refractivity contribution >= 4 is 5.97 Å². The van der Waals surface area contributed by atoms with Gasteiger partial charge in [0.1, 0.15) is 6.04 Å². The Morgan fingerprint density at radius 3 is 2.50 bits per heavy atom. The minimum Gasteiger partial charge on any atom is -0.480 e. The first kappa shape index (κ1) is 15.5. The third-order valence-corrected chi connectivity index (χ3v) is 4.51. The zero-order valence-electron chi connectivity index (χ0n) is 11.9. The van der Waals surface area contributed by atoms with Crippen LogP contribution in [0.2, 0.25) is 0 Å². The highest BCUT2D eigenvalue weighted by molar-refractivity contribution is 5.73. The Kier molecular flexibility index (Phi) is 6.69. The smallest absolute Gasteiger partial charge is 0.320 e. The summed E-state index contributed by atoms with van der Waals surface area (Å²) < 4.78 is 0. The van der Waals surface area contributed by atoms with E-state index in [1.165, 1.54) is 32.1 Å². The normalized spacial score (nSPS) is 21.1. The molecule has 0 amide bonds. The van der Waals surface area contributed by atoms with Crippen LogP contribution in [-0.2, 0) is 4.79 Å². The van der Waals surface area contributed by atoms with E-state index in [4.69, 9.17) is 10.8 Å². The van der Waals surface area contributed by atoms with Gasteiger partial charge in [0.15, 0.2) is 0 Å². The van der Waals surface area contributed by atoms with Crippen LogP contribution < -0.4 is 5.73 Å². The Hall–Kier alpha value is -0.570. The Morgan fingerprint density at radius 1 is 1.39 bits per heavy atom. The molecule has 0 saturated heterocycles. The van der Waals surface area contributed by atoms with Crippen LogP contribution in [0.3, 0.4) is 0 Å². The van der Waals surface area contributed by atoms with Crippen molar-refractivity contribution in [3.05, 3.63) is 0 Å². The third kappa shape index (κ3) is 5.38. The molecule has 3 atom stereocenters. The Bertz CT molecular complexity index is 251. The van der Waals surface area contributed by atoms with E-state index >= 15 is 0 Å². The van der Waals surface area contributed by atoms with E-state index in [1.807, 2.05) is 0 Å². The van der Waals surface area contributed by atoms with Gasteiger partial charge in [-0.1, -0.05) is 52.4 Å². The van der Waals surface area contributed by atoms with Crippen LogP contribution in [-0.4, -0.2) is 17.1 Å². The molecular weight excluding hydrogens is 226 g/mol. The van der Waals surface area contributed by atoms with Crippen LogP contribution in [0.25, 0.3) is 0 Å². The summed E-state index contributed by atoms with van der Waals surface area (Å²) in [6, 6.07) is -0.686. The topological polar surface area (TPSA) is 63.3 Å². The number of nitrogens with two attached hydrogens (primary N) is 1. The van der Waals surface area contributed by atoms with Gasteiger partial charge >= 0.3 is 5.97 Å². The quantitative estimate of drug-likeness (QED) is 0.663. The number of rotatable bonds is 9. The van der Waals surface area contributed by atoms with Gasteiger partial charge in [-0.05, 0) is 30.6 Å². The monoisotopic (exact) mass is 255 g/mol. The number of hydrogen-bond donors (Lipinski definition) is 2. The number of carbonyl (C=O) groups is 1. The van der Waals surface area contributed by atoms with Gasteiger partial charge in [0.25, 0.3) is 0 Å². The molecule has 1 aliphatic carbocycles. The van der Waals surface area contributed by atoms with Crippen molar-refractivity contribution in [2.45, 2.75) is 71.3 Å². The van der Waals surface area contributed by atoms with Crippen molar-refractivity contribution in [1.29, 1.82) is 0 Å². The number of aliphatic carboxylic acids is 1. The second kappa shape index (κ2) is 7.78. The molecule has 0 heterocycles. The SMILES string of the molecule is CCC(CC(C)CCC1CCC1)CC(N)C(=O)O. The Balaban J connectivity index is 2.20. The van der Waals surface area contributed by atoms with Gasteiger partial charge in [-0.25, -0.2) is 0 Å². The molecule has 106 valence electrons. The maximum atomic E-state index is 10.8. The largest absolute Gasteiger partial charge is 0.480 e. The van der Waals surface area contributed by atoms with Crippen molar-refractivity contribution in [3.8, 4) is 0 Å². The fourth-order valence-corrected chi connectivity index (χ4v) is 2.88. The summed E-state index contributed by atoms with van der Waals surface area (Å²) in [6.45, 7) is 4.44. The summed E-state index contributed by atoms with van der Waals surface area (Å²) in [7, 11) is 0. The summed E-state index contributed by atoms with van der Waals surface area (Å²) in [5, 5.41) is 8.85. The first-order chi connectivity index (χ1) is 8.52. The van der Waals surface area contributed by atoms with Crippen molar-refractivity contribution in [1.82, 2.24) is 0 Å². The first-order valence-electron chi connectivity index (χ1n) is 7.51. The van der Waals surface area contributed by atoms with E-state index in [0.29, 0.717) is 18.3 Å². The number of carboxylic acid groups (broad SMARTS) is 1. The van der Waals surface area contributed by atoms with Crippen LogP contribution in [0.15, 0.2) is 0 Å². The molecule has 3 unspecified atom stereocenters. The zero-order chi connectivity index (χ0) is 13.5. The fraction of sp³-hybridized carbons (Fsp3) is 0.933. The van der Waals surface area contributed by atoms with Crippen LogP contribution in [0, 0.1) is 17.8 Å². The average molecular weight is 255 g/mol. The predicted octanol–water partition coefficient (Wildman–Crippen LogP) is 3.42. The number of carboxylic acids is 1. The van der Waals surface area contributed by atoms with E-state index in [0.717, 1.165) is 18.8 Å². The molecule has 0 aromatic carbocycles. The maximum Gasteiger partial charge on any atom is 0.320 e. The molecule has 0 spiro atoms. The molecule has 1 rings (SSSR count). The molecule has 1 aliphatic rings. The first-order valence-corrected chi connectivity index (χ1v) is 7.51. The molecule has 0 aromatic heterocycles. The fourth-order valence-electron chi connectivity index (χ4n) is 2.88. The van der Waals surface area contributed by atoms with Gasteiger partial charge in [-0.15, -0.1) is 0 Å². The second-order valence-corrected chi connectivity index (χ2v) is 6.17. The molecule has 3 N–H and O–H groups in total. The third-order valence-electron chi connectivity index (χ3n) is 4.51. The lowest BCUT2D eigenvalue weighted by molar-refractivity contribution is -0.139. The minimum atomic E-state index is -0.865. The average Bonchev–Trinajstić information content (AvgIpc) is 2.25. The molecule has 3 nitrogen and oxygen atoms in total. The van der Waals surface area contributed by atoms with E-state index in [2.05, 4.69) is 13.8 Å². The molecule has 1 fully saturated rings. The summed E-state index contributed by atoms with van der Waals surface area (Å²) in [5.74, 6) is 1.29. The van der Waals surface area contributed by atoms with Crippen molar-refractivity contribution in [3.63, 3.8) is 0 Å². The van der Waals surface area contributed by atoms with Crippen molar-refractivity contribution < 1.29 is 9.90 Å². The van der Waals surface area contributed by atoms with Crippen LogP contribution in [0.5, 0.6) is 0 Å². The van der Waals surface area contributed by atoms with Gasteiger partial charge in [0, 0.05) is 0 Å². The zero-order valence-corrected chi connectivity index (χ0v) is 11.9. The van der Waals surface area contributed by atoms with E-state index in [-0.39, 0.29) is 0 Å². The highest BCUT2D eigenvalue weighted by Crippen LogP contribution is 2.33. The summed E-state index contributed by atoms with van der Waals surface area (Å²) in [5.41, 5.74) is 5.62. The van der Waals surface area contributed by atoms with Gasteiger partial charge in [-0.3, -0.25) is 4.79 Å². The highest BCUT2D eigenvalue weighted by Gasteiger charge is 2.21. The van der Waals surface area contributed by atoms with Crippen LogP contribution in [0.1, 0.15) is 65.2 Å². The molecule has 18 heavy (non-hydrogen) atoms. The predicted molar refractivity (Wildman–Crippen MR) is 74.4 cm³/mol. The molecule has 0 aliphatic heterocycles. The van der Waals surface area contributed by atoms with Crippen LogP contribution >= 0.6 is 0 Å². The Labute approximate surface area is 111 Å². The van der Waals surface area contributed by atoms with E-state index < -0.39 is 12.0 Å². The summed E-state index contributed by atoms with van der Waals surface area (Å²) in [4.78, 5) is 10.8. The van der Waals surface area contributed by atoms with Crippen LogP contribution in [0.4, 0.5) is 0 Å². The molecule has 1 saturated carbocycles. The molecule has 0 radical (unpaired) electrons. The molecule has 0 bridgehead atoms. The lowest BCUT2D eigenvalue weighted by Crippen LogP contribution is -2.32. The standard InChI is InChI=1S/C15H29NO2/c1-3-12(10-14(16)15(17)18)9-11(2)7-8-13-5-4-6-13/h11-14H,3-10,16H2,1-2H3,(H,17,18). The van der Waals surface area contributed by atoms with E-state index in [9.17, 15) is 4.79 Å². The maximum absolute atomic E-state index is 10.8. The van der Waals surface area contributed by atoms with Gasteiger partial charge in [-0.2, -0.15) is 0 Å². The van der Waals surface area contributed by atoms with E-state index in [1.54, 1.807) is 0 Å². The van der Waals surface area contributed by atoms with Gasteiger partial charge < -0.3 is 10.8 Å². The number of hydrogen-bond acceptors (Lipinski definition) is 2. The van der Waals surface area contributed by atoms with Gasteiger partial charge in [0.2, 0.25) is 0 Å². The molecule has 3 heteroatoms. The molecule has 0 aromatic rings. The van der Waals surface area contributed by atoms with Gasteiger partial charge in [0.05, 0.1) is 0 Å². The second-order valence-electron chi connectivity index (χ2n) is 6.17. The lowest BCUT2D eigenvalue weighted by Gasteiger charge is -2.27. The minimum absolute atomic E-state index is 0.465. The van der Waals surface area contributed by atoms with Crippen molar-refractivity contribution in [2.24, 2.45) is 23.5 Å². The summed E-state index contributed by atoms with van der Waals surface area (Å²) in [6.07, 6.45) is 9.72.